The van der Waals surface area contributed by atoms with Gasteiger partial charge >= 0.3 is 0 Å². The fraction of sp³-hybridized carbons (Fsp3) is 0.316. The number of carbonyl (C=O) groups excluding carboxylic acids is 3. The molecule has 2 aromatic rings. The van der Waals surface area contributed by atoms with Crippen molar-refractivity contribution >= 4 is 28.9 Å². The normalized spacial score (nSPS) is 16.8. The van der Waals surface area contributed by atoms with Crippen LogP contribution in [0.3, 0.4) is 0 Å². The highest BCUT2D eigenvalue weighted by Gasteiger charge is 2.27. The number of carbonyl (C=O) groups is 3. The molecule has 2 heterocycles. The zero-order chi connectivity index (χ0) is 18.0. The third kappa shape index (κ3) is 3.96. The SMILES string of the molecule is CC(=O)c1cc(C(=O)N2CC[C@H](Cc3cccc(C(N)=O)c3)C2)cs1. The van der Waals surface area contributed by atoms with Gasteiger partial charge in [-0.25, -0.2) is 0 Å². The van der Waals surface area contributed by atoms with Gasteiger partial charge in [0.05, 0.1) is 10.4 Å². The van der Waals surface area contributed by atoms with Crippen LogP contribution in [0.1, 0.15) is 49.3 Å². The fourth-order valence-corrected chi connectivity index (χ4v) is 3.97. The lowest BCUT2D eigenvalue weighted by molar-refractivity contribution is 0.0787. The molecule has 1 aliphatic rings. The summed E-state index contributed by atoms with van der Waals surface area (Å²) in [5.74, 6) is -0.100. The molecular formula is C19H20N2O3S. The van der Waals surface area contributed by atoms with Gasteiger partial charge in [-0.2, -0.15) is 0 Å². The summed E-state index contributed by atoms with van der Waals surface area (Å²) in [6.45, 7) is 2.90. The van der Waals surface area contributed by atoms with E-state index in [1.807, 2.05) is 23.1 Å². The van der Waals surface area contributed by atoms with Gasteiger partial charge in [0.2, 0.25) is 5.91 Å². The molecule has 1 fully saturated rings. The van der Waals surface area contributed by atoms with E-state index in [0.29, 0.717) is 35.0 Å². The highest BCUT2D eigenvalue weighted by atomic mass is 32.1. The number of hydrogen-bond acceptors (Lipinski definition) is 4. The smallest absolute Gasteiger partial charge is 0.254 e. The Morgan fingerprint density at radius 3 is 2.72 bits per heavy atom. The summed E-state index contributed by atoms with van der Waals surface area (Å²) in [7, 11) is 0. The van der Waals surface area contributed by atoms with Crippen LogP contribution < -0.4 is 5.73 Å². The average Bonchev–Trinajstić information content (AvgIpc) is 3.24. The summed E-state index contributed by atoms with van der Waals surface area (Å²) < 4.78 is 0. The van der Waals surface area contributed by atoms with Crippen LogP contribution in [0.4, 0.5) is 0 Å². The van der Waals surface area contributed by atoms with Gasteiger partial charge in [-0.05, 0) is 49.4 Å². The molecule has 6 heteroatoms. The molecule has 130 valence electrons. The lowest BCUT2D eigenvalue weighted by Gasteiger charge is -2.16. The van der Waals surface area contributed by atoms with Crippen LogP contribution in [0.25, 0.3) is 0 Å². The molecule has 0 unspecified atom stereocenters. The number of Topliss-reactive ketones (excluding diaryl/α,β-unsaturated/α-hetero) is 1. The summed E-state index contributed by atoms with van der Waals surface area (Å²) in [6.07, 6.45) is 1.74. The maximum absolute atomic E-state index is 12.6. The van der Waals surface area contributed by atoms with E-state index in [4.69, 9.17) is 5.73 Å². The molecule has 2 amide bonds. The highest BCUT2D eigenvalue weighted by molar-refractivity contribution is 7.12. The number of amides is 2. The molecule has 2 N–H and O–H groups in total. The zero-order valence-electron chi connectivity index (χ0n) is 14.0. The molecule has 0 spiro atoms. The number of benzene rings is 1. The van der Waals surface area contributed by atoms with Gasteiger partial charge in [-0.3, -0.25) is 14.4 Å². The Bertz CT molecular complexity index is 828. The van der Waals surface area contributed by atoms with Crippen molar-refractivity contribution in [3.63, 3.8) is 0 Å². The maximum atomic E-state index is 12.6. The van der Waals surface area contributed by atoms with Crippen LogP contribution in [0, 0.1) is 5.92 Å². The lowest BCUT2D eigenvalue weighted by Crippen LogP contribution is -2.28. The standard InChI is InChI=1S/C19H20N2O3S/c1-12(22)17-9-16(11-25-17)19(24)21-6-5-14(10-21)7-13-3-2-4-15(8-13)18(20)23/h2-4,8-9,11,14H,5-7,10H2,1H3,(H2,20,23)/t14-/m1/s1. The van der Waals surface area contributed by atoms with E-state index in [-0.39, 0.29) is 11.7 Å². The average molecular weight is 356 g/mol. The summed E-state index contributed by atoms with van der Waals surface area (Å²) in [6, 6.07) is 9.03. The molecule has 5 nitrogen and oxygen atoms in total. The molecule has 1 aromatic carbocycles. The molecule has 0 aliphatic carbocycles. The van der Waals surface area contributed by atoms with Crippen molar-refractivity contribution in [3.05, 3.63) is 57.3 Å². The number of thiophene rings is 1. The minimum Gasteiger partial charge on any atom is -0.366 e. The molecule has 25 heavy (non-hydrogen) atoms. The van der Waals surface area contributed by atoms with E-state index in [9.17, 15) is 14.4 Å². The molecule has 3 rings (SSSR count). The molecule has 0 radical (unpaired) electrons. The first-order valence-corrected chi connectivity index (χ1v) is 9.09. The summed E-state index contributed by atoms with van der Waals surface area (Å²) in [5.41, 5.74) is 7.49. The minimum atomic E-state index is -0.427. The van der Waals surface area contributed by atoms with Crippen LogP contribution >= 0.6 is 11.3 Å². The van der Waals surface area contributed by atoms with E-state index in [2.05, 4.69) is 0 Å². The summed E-state index contributed by atoms with van der Waals surface area (Å²) in [4.78, 5) is 37.7. The summed E-state index contributed by atoms with van der Waals surface area (Å²) >= 11 is 1.31. The molecule has 0 saturated carbocycles. The number of likely N-dealkylation sites (tertiary alicyclic amines) is 1. The Morgan fingerprint density at radius 2 is 2.04 bits per heavy atom. The molecule has 1 atom stereocenters. The van der Waals surface area contributed by atoms with Crippen LogP contribution in [-0.4, -0.2) is 35.6 Å². The van der Waals surface area contributed by atoms with Gasteiger partial charge in [-0.1, -0.05) is 12.1 Å². The summed E-state index contributed by atoms with van der Waals surface area (Å²) in [5, 5.41) is 1.75. The van der Waals surface area contributed by atoms with E-state index in [1.165, 1.54) is 18.3 Å². The first-order chi connectivity index (χ1) is 11.9. The number of hydrogen-bond donors (Lipinski definition) is 1. The molecule has 1 aromatic heterocycles. The first kappa shape index (κ1) is 17.4. The van der Waals surface area contributed by atoms with E-state index >= 15 is 0 Å². The second-order valence-electron chi connectivity index (χ2n) is 6.43. The number of nitrogens with two attached hydrogens (primary N) is 1. The number of primary amides is 1. The predicted molar refractivity (Wildman–Crippen MR) is 97.0 cm³/mol. The Labute approximate surface area is 150 Å². The largest absolute Gasteiger partial charge is 0.366 e. The van der Waals surface area contributed by atoms with Crippen LogP contribution in [0.5, 0.6) is 0 Å². The van der Waals surface area contributed by atoms with E-state index < -0.39 is 5.91 Å². The van der Waals surface area contributed by atoms with Gasteiger partial charge in [0.15, 0.2) is 5.78 Å². The molecular weight excluding hydrogens is 336 g/mol. The van der Waals surface area contributed by atoms with E-state index in [0.717, 1.165) is 18.4 Å². The van der Waals surface area contributed by atoms with Crippen molar-refractivity contribution in [1.29, 1.82) is 0 Å². The van der Waals surface area contributed by atoms with Crippen LogP contribution in [-0.2, 0) is 6.42 Å². The Kier molecular flexibility index (Phi) is 4.99. The van der Waals surface area contributed by atoms with E-state index in [1.54, 1.807) is 17.5 Å². The first-order valence-electron chi connectivity index (χ1n) is 8.21. The highest BCUT2D eigenvalue weighted by Crippen LogP contribution is 2.24. The lowest BCUT2D eigenvalue weighted by atomic mass is 9.97. The quantitative estimate of drug-likeness (QED) is 0.837. The molecule has 1 saturated heterocycles. The van der Waals surface area contributed by atoms with Crippen molar-refractivity contribution in [1.82, 2.24) is 4.90 Å². The van der Waals surface area contributed by atoms with Crippen molar-refractivity contribution in [2.75, 3.05) is 13.1 Å². The van der Waals surface area contributed by atoms with Crippen molar-refractivity contribution < 1.29 is 14.4 Å². The van der Waals surface area contributed by atoms with Crippen molar-refractivity contribution in [3.8, 4) is 0 Å². The van der Waals surface area contributed by atoms with Crippen molar-refractivity contribution in [2.24, 2.45) is 11.7 Å². The Morgan fingerprint density at radius 1 is 1.24 bits per heavy atom. The third-order valence-corrected chi connectivity index (χ3v) is 5.53. The van der Waals surface area contributed by atoms with Crippen LogP contribution in [0.15, 0.2) is 35.7 Å². The zero-order valence-corrected chi connectivity index (χ0v) is 14.8. The van der Waals surface area contributed by atoms with Crippen LogP contribution in [0.2, 0.25) is 0 Å². The Balaban J connectivity index is 1.63. The third-order valence-electron chi connectivity index (χ3n) is 4.50. The second-order valence-corrected chi connectivity index (χ2v) is 7.34. The number of rotatable bonds is 5. The predicted octanol–water partition coefficient (Wildman–Crippen LogP) is 2.75. The van der Waals surface area contributed by atoms with Gasteiger partial charge in [-0.15, -0.1) is 11.3 Å². The number of ketones is 1. The monoisotopic (exact) mass is 356 g/mol. The van der Waals surface area contributed by atoms with Gasteiger partial charge < -0.3 is 10.6 Å². The van der Waals surface area contributed by atoms with Gasteiger partial charge in [0, 0.05) is 24.0 Å². The second kappa shape index (κ2) is 7.19. The maximum Gasteiger partial charge on any atom is 0.254 e. The molecule has 1 aliphatic heterocycles. The Hall–Kier alpha value is -2.47. The number of nitrogens with zero attached hydrogens (tertiary/aromatic N) is 1. The van der Waals surface area contributed by atoms with Gasteiger partial charge in [0.1, 0.15) is 0 Å². The minimum absolute atomic E-state index is 0.0160. The molecule has 0 bridgehead atoms. The fourth-order valence-electron chi connectivity index (χ4n) is 3.18. The van der Waals surface area contributed by atoms with Gasteiger partial charge in [0.25, 0.3) is 5.91 Å². The van der Waals surface area contributed by atoms with Crippen molar-refractivity contribution in [2.45, 2.75) is 19.8 Å². The topological polar surface area (TPSA) is 80.5 Å².